The summed E-state index contributed by atoms with van der Waals surface area (Å²) < 4.78 is 26.9. The summed E-state index contributed by atoms with van der Waals surface area (Å²) in [5.74, 6) is 2.77. The molecule has 0 saturated carbocycles. The van der Waals surface area contributed by atoms with Crippen molar-refractivity contribution in [3.63, 3.8) is 0 Å². The summed E-state index contributed by atoms with van der Waals surface area (Å²) >= 11 is 0. The van der Waals surface area contributed by atoms with Crippen molar-refractivity contribution in [1.82, 2.24) is 5.16 Å². The molecule has 0 fully saturated rings. The van der Waals surface area contributed by atoms with Gasteiger partial charge in [0.15, 0.2) is 28.8 Å². The molecule has 1 aromatic heterocycles. The fraction of sp³-hybridized carbons (Fsp3) is 0.200. The van der Waals surface area contributed by atoms with E-state index in [4.69, 9.17) is 23.5 Å². The van der Waals surface area contributed by atoms with E-state index in [-0.39, 0.29) is 6.61 Å². The summed E-state index contributed by atoms with van der Waals surface area (Å²) in [6.45, 7) is 0.164. The highest BCUT2D eigenvalue weighted by molar-refractivity contribution is 5.76. The van der Waals surface area contributed by atoms with Crippen molar-refractivity contribution in [1.29, 1.82) is 0 Å². The molecule has 1 heterocycles. The average Bonchev–Trinajstić information content (AvgIpc) is 3.20. The molecular formula is C20H19NO6. The van der Waals surface area contributed by atoms with Crippen LogP contribution in [-0.2, 0) is 6.61 Å². The van der Waals surface area contributed by atoms with Crippen LogP contribution in [0.1, 0.15) is 16.1 Å². The summed E-state index contributed by atoms with van der Waals surface area (Å²) in [5.41, 5.74) is 1.99. The van der Waals surface area contributed by atoms with Gasteiger partial charge < -0.3 is 23.5 Å². The van der Waals surface area contributed by atoms with Gasteiger partial charge in [0, 0.05) is 17.2 Å². The molecule has 0 atom stereocenters. The minimum Gasteiger partial charge on any atom is -0.493 e. The van der Waals surface area contributed by atoms with E-state index in [0.717, 1.165) is 11.8 Å². The van der Waals surface area contributed by atoms with Gasteiger partial charge in [0.1, 0.15) is 18.6 Å². The molecule has 7 heteroatoms. The zero-order valence-corrected chi connectivity index (χ0v) is 15.2. The average molecular weight is 369 g/mol. The third-order valence-electron chi connectivity index (χ3n) is 3.93. The monoisotopic (exact) mass is 369 g/mol. The van der Waals surface area contributed by atoms with Crippen LogP contribution in [0.15, 0.2) is 47.0 Å². The van der Waals surface area contributed by atoms with Gasteiger partial charge in [-0.2, -0.15) is 0 Å². The Morgan fingerprint density at radius 3 is 2.30 bits per heavy atom. The molecule has 0 radical (unpaired) electrons. The second-order valence-corrected chi connectivity index (χ2v) is 5.57. The SMILES string of the molecule is COc1ccc(-c2cc(COc3ccc(C=O)cc3OC)on2)cc1OC. The molecule has 0 bridgehead atoms. The molecule has 0 unspecified atom stereocenters. The lowest BCUT2D eigenvalue weighted by Gasteiger charge is -2.09. The van der Waals surface area contributed by atoms with Crippen molar-refractivity contribution in [2.75, 3.05) is 21.3 Å². The summed E-state index contributed by atoms with van der Waals surface area (Å²) in [6, 6.07) is 12.2. The van der Waals surface area contributed by atoms with Crippen LogP contribution in [0, 0.1) is 0 Å². The lowest BCUT2D eigenvalue weighted by molar-refractivity contribution is 0.112. The summed E-state index contributed by atoms with van der Waals surface area (Å²) in [7, 11) is 4.67. The van der Waals surface area contributed by atoms with Crippen molar-refractivity contribution >= 4 is 6.29 Å². The maximum absolute atomic E-state index is 10.9. The Bertz CT molecular complexity index is 934. The molecular weight excluding hydrogens is 350 g/mol. The maximum Gasteiger partial charge on any atom is 0.174 e. The largest absolute Gasteiger partial charge is 0.493 e. The smallest absolute Gasteiger partial charge is 0.174 e. The highest BCUT2D eigenvalue weighted by Gasteiger charge is 2.12. The van der Waals surface area contributed by atoms with Gasteiger partial charge in [-0.25, -0.2) is 0 Å². The molecule has 0 N–H and O–H groups in total. The maximum atomic E-state index is 10.9. The van der Waals surface area contributed by atoms with Gasteiger partial charge in [-0.3, -0.25) is 4.79 Å². The van der Waals surface area contributed by atoms with Crippen molar-refractivity contribution in [3.8, 4) is 34.3 Å². The van der Waals surface area contributed by atoms with Crippen LogP contribution in [-0.4, -0.2) is 32.8 Å². The molecule has 2 aromatic carbocycles. The van der Waals surface area contributed by atoms with E-state index in [1.54, 1.807) is 44.6 Å². The Balaban J connectivity index is 1.74. The zero-order chi connectivity index (χ0) is 19.2. The standard InChI is InChI=1S/C20H19NO6/c1-23-17-7-5-14(9-20(17)25-3)16-10-15(27-21-16)12-26-18-6-4-13(11-22)8-19(18)24-2/h4-11H,12H2,1-3H3. The third-order valence-corrected chi connectivity index (χ3v) is 3.93. The highest BCUT2D eigenvalue weighted by atomic mass is 16.5. The fourth-order valence-corrected chi connectivity index (χ4v) is 2.54. The Morgan fingerprint density at radius 2 is 1.59 bits per heavy atom. The zero-order valence-electron chi connectivity index (χ0n) is 15.2. The first-order valence-corrected chi connectivity index (χ1v) is 8.12. The van der Waals surface area contributed by atoms with Gasteiger partial charge in [0.25, 0.3) is 0 Å². The normalized spacial score (nSPS) is 10.3. The molecule has 0 amide bonds. The number of carbonyl (C=O) groups excluding carboxylic acids is 1. The number of aldehydes is 1. The number of carbonyl (C=O) groups is 1. The molecule has 140 valence electrons. The number of benzene rings is 2. The Morgan fingerprint density at radius 1 is 0.889 bits per heavy atom. The Hall–Kier alpha value is -3.48. The second-order valence-electron chi connectivity index (χ2n) is 5.57. The lowest BCUT2D eigenvalue weighted by atomic mass is 10.1. The summed E-state index contributed by atoms with van der Waals surface area (Å²) in [4.78, 5) is 10.9. The predicted molar refractivity (Wildman–Crippen MR) is 97.8 cm³/mol. The summed E-state index contributed by atoms with van der Waals surface area (Å²) in [5, 5.41) is 4.07. The number of nitrogens with zero attached hydrogens (tertiary/aromatic N) is 1. The molecule has 0 saturated heterocycles. The van der Waals surface area contributed by atoms with Crippen molar-refractivity contribution < 1.29 is 28.3 Å². The van der Waals surface area contributed by atoms with E-state index in [9.17, 15) is 4.79 Å². The quantitative estimate of drug-likeness (QED) is 0.559. The van der Waals surface area contributed by atoms with Crippen LogP contribution in [0.5, 0.6) is 23.0 Å². The fourth-order valence-electron chi connectivity index (χ4n) is 2.54. The third kappa shape index (κ3) is 4.03. The first kappa shape index (κ1) is 18.3. The van der Waals surface area contributed by atoms with Crippen molar-refractivity contribution in [2.24, 2.45) is 0 Å². The van der Waals surface area contributed by atoms with E-state index >= 15 is 0 Å². The van der Waals surface area contributed by atoms with Crippen molar-refractivity contribution in [3.05, 3.63) is 53.8 Å². The van der Waals surface area contributed by atoms with Gasteiger partial charge in [-0.15, -0.1) is 0 Å². The van der Waals surface area contributed by atoms with E-state index in [1.807, 2.05) is 12.1 Å². The molecule has 0 spiro atoms. The molecule has 27 heavy (non-hydrogen) atoms. The number of hydrogen-bond donors (Lipinski definition) is 0. The number of aromatic nitrogens is 1. The molecule has 0 aliphatic rings. The predicted octanol–water partition coefficient (Wildman–Crippen LogP) is 3.76. The molecule has 7 nitrogen and oxygen atoms in total. The topological polar surface area (TPSA) is 80.0 Å². The van der Waals surface area contributed by atoms with Crippen LogP contribution in [0.4, 0.5) is 0 Å². The number of methoxy groups -OCH3 is 3. The number of ether oxygens (including phenoxy) is 4. The van der Waals surface area contributed by atoms with Crippen LogP contribution >= 0.6 is 0 Å². The van der Waals surface area contributed by atoms with E-state index in [2.05, 4.69) is 5.16 Å². The molecule has 3 rings (SSSR count). The van der Waals surface area contributed by atoms with E-state index in [1.165, 1.54) is 7.11 Å². The minimum atomic E-state index is 0.164. The second kappa shape index (κ2) is 8.27. The Labute approximate surface area is 156 Å². The first-order valence-electron chi connectivity index (χ1n) is 8.12. The van der Waals surface area contributed by atoms with Crippen LogP contribution in [0.2, 0.25) is 0 Å². The summed E-state index contributed by atoms with van der Waals surface area (Å²) in [6.07, 6.45) is 0.748. The van der Waals surface area contributed by atoms with Crippen LogP contribution in [0.3, 0.4) is 0 Å². The van der Waals surface area contributed by atoms with Crippen molar-refractivity contribution in [2.45, 2.75) is 6.61 Å². The number of hydrogen-bond acceptors (Lipinski definition) is 7. The van der Waals surface area contributed by atoms with E-state index < -0.39 is 0 Å². The van der Waals surface area contributed by atoms with Crippen LogP contribution < -0.4 is 18.9 Å². The molecule has 0 aliphatic carbocycles. The van der Waals surface area contributed by atoms with Gasteiger partial charge in [0.05, 0.1) is 21.3 Å². The number of rotatable bonds is 8. The lowest BCUT2D eigenvalue weighted by Crippen LogP contribution is -1.97. The first-order chi connectivity index (χ1) is 13.2. The van der Waals surface area contributed by atoms with Crippen LogP contribution in [0.25, 0.3) is 11.3 Å². The minimum absolute atomic E-state index is 0.164. The molecule has 3 aromatic rings. The Kier molecular flexibility index (Phi) is 5.61. The van der Waals surface area contributed by atoms with Gasteiger partial charge >= 0.3 is 0 Å². The van der Waals surface area contributed by atoms with Gasteiger partial charge in [0.2, 0.25) is 0 Å². The van der Waals surface area contributed by atoms with Gasteiger partial charge in [-0.1, -0.05) is 5.16 Å². The van der Waals surface area contributed by atoms with Gasteiger partial charge in [-0.05, 0) is 36.4 Å². The molecule has 0 aliphatic heterocycles. The van der Waals surface area contributed by atoms with E-state index in [0.29, 0.717) is 40.0 Å². The highest BCUT2D eigenvalue weighted by Crippen LogP contribution is 2.32.